The van der Waals surface area contributed by atoms with Gasteiger partial charge in [0.2, 0.25) is 5.91 Å². The van der Waals surface area contributed by atoms with Crippen LogP contribution >= 0.6 is 0 Å². The molecule has 3 saturated carbocycles. The zero-order valence-corrected chi connectivity index (χ0v) is 14.2. The summed E-state index contributed by atoms with van der Waals surface area (Å²) in [7, 11) is 1.89. The molecule has 0 aromatic carbocycles. The number of hydrogen-bond donors (Lipinski definition) is 1. The molecule has 3 aliphatic rings. The molecule has 24 heavy (non-hydrogen) atoms. The standard InChI is InChI=1S/C18H25N3O3/c1-20-14(6-11-19-20)12-21(13-2-3-13)16(23)17(9-10-17)18(24)7-4-15(22)5-8-18/h6,11,13,24H,2-5,7-10,12H2,1H3. The average molecular weight is 331 g/mol. The van der Waals surface area contributed by atoms with E-state index in [0.29, 0.717) is 38.3 Å². The molecule has 130 valence electrons. The van der Waals surface area contributed by atoms with E-state index in [1.165, 1.54) is 0 Å². The zero-order chi connectivity index (χ0) is 16.9. The maximum atomic E-state index is 13.4. The maximum absolute atomic E-state index is 13.4. The fraction of sp³-hybridized carbons (Fsp3) is 0.722. The van der Waals surface area contributed by atoms with Crippen LogP contribution in [0.2, 0.25) is 0 Å². The number of carbonyl (C=O) groups is 2. The second kappa shape index (κ2) is 5.41. The van der Waals surface area contributed by atoms with Crippen LogP contribution in [-0.4, -0.2) is 43.1 Å². The summed E-state index contributed by atoms with van der Waals surface area (Å²) in [5.74, 6) is 0.292. The molecule has 1 amide bonds. The number of nitrogens with zero attached hydrogens (tertiary/aromatic N) is 3. The number of ketones is 1. The van der Waals surface area contributed by atoms with Crippen LogP contribution in [0.1, 0.15) is 57.1 Å². The molecule has 1 aromatic heterocycles. The van der Waals surface area contributed by atoms with Crippen LogP contribution in [0.3, 0.4) is 0 Å². The summed E-state index contributed by atoms with van der Waals surface area (Å²) in [4.78, 5) is 26.9. The Bertz CT molecular complexity index is 663. The lowest BCUT2D eigenvalue weighted by molar-refractivity contribution is -0.156. The Hall–Kier alpha value is -1.69. The van der Waals surface area contributed by atoms with Gasteiger partial charge in [0, 0.05) is 32.1 Å². The molecule has 0 atom stereocenters. The second-order valence-corrected chi connectivity index (χ2v) is 7.76. The van der Waals surface area contributed by atoms with Crippen molar-refractivity contribution in [3.05, 3.63) is 18.0 Å². The fourth-order valence-corrected chi connectivity index (χ4v) is 4.18. The normalized spacial score (nSPS) is 24.7. The molecule has 1 aromatic rings. The first-order chi connectivity index (χ1) is 11.5. The highest BCUT2D eigenvalue weighted by atomic mass is 16.3. The third-order valence-electron chi connectivity index (χ3n) is 6.19. The van der Waals surface area contributed by atoms with Gasteiger partial charge < -0.3 is 10.0 Å². The third kappa shape index (κ3) is 2.48. The summed E-state index contributed by atoms with van der Waals surface area (Å²) in [6, 6.07) is 2.23. The largest absolute Gasteiger partial charge is 0.389 e. The fourth-order valence-electron chi connectivity index (χ4n) is 4.18. The van der Waals surface area contributed by atoms with Crippen molar-refractivity contribution in [3.63, 3.8) is 0 Å². The minimum absolute atomic E-state index is 0.0862. The summed E-state index contributed by atoms with van der Waals surface area (Å²) >= 11 is 0. The molecule has 0 saturated heterocycles. The summed E-state index contributed by atoms with van der Waals surface area (Å²) in [5.41, 5.74) is -0.649. The molecule has 0 bridgehead atoms. The molecule has 4 rings (SSSR count). The van der Waals surface area contributed by atoms with Gasteiger partial charge in [-0.3, -0.25) is 14.3 Å². The van der Waals surface area contributed by atoms with E-state index in [4.69, 9.17) is 0 Å². The predicted molar refractivity (Wildman–Crippen MR) is 86.9 cm³/mol. The van der Waals surface area contributed by atoms with E-state index in [-0.39, 0.29) is 11.7 Å². The molecule has 1 N–H and O–H groups in total. The number of aliphatic hydroxyl groups is 1. The zero-order valence-electron chi connectivity index (χ0n) is 14.2. The van der Waals surface area contributed by atoms with Crippen molar-refractivity contribution in [1.29, 1.82) is 0 Å². The van der Waals surface area contributed by atoms with E-state index in [0.717, 1.165) is 31.4 Å². The van der Waals surface area contributed by atoms with E-state index in [1.807, 2.05) is 18.0 Å². The summed E-state index contributed by atoms with van der Waals surface area (Å²) in [5, 5.41) is 15.4. The monoisotopic (exact) mass is 331 g/mol. The summed E-state index contributed by atoms with van der Waals surface area (Å²) < 4.78 is 1.80. The summed E-state index contributed by atoms with van der Waals surface area (Å²) in [6.07, 6.45) is 6.97. The molecule has 6 nitrogen and oxygen atoms in total. The predicted octanol–water partition coefficient (Wildman–Crippen LogP) is 1.57. The quantitative estimate of drug-likeness (QED) is 0.888. The van der Waals surface area contributed by atoms with Gasteiger partial charge in [0.25, 0.3) is 0 Å². The Labute approximate surface area is 141 Å². The van der Waals surface area contributed by atoms with Gasteiger partial charge in [0.15, 0.2) is 0 Å². The topological polar surface area (TPSA) is 75.4 Å². The Morgan fingerprint density at radius 2 is 2.00 bits per heavy atom. The van der Waals surface area contributed by atoms with Crippen molar-refractivity contribution < 1.29 is 14.7 Å². The number of aromatic nitrogens is 2. The lowest BCUT2D eigenvalue weighted by Gasteiger charge is -2.41. The number of amides is 1. The Morgan fingerprint density at radius 3 is 2.50 bits per heavy atom. The van der Waals surface area contributed by atoms with Crippen molar-refractivity contribution in [1.82, 2.24) is 14.7 Å². The number of rotatable bonds is 5. The Balaban J connectivity index is 1.56. The van der Waals surface area contributed by atoms with Gasteiger partial charge >= 0.3 is 0 Å². The van der Waals surface area contributed by atoms with E-state index in [9.17, 15) is 14.7 Å². The van der Waals surface area contributed by atoms with Crippen molar-refractivity contribution in [2.75, 3.05) is 0 Å². The van der Waals surface area contributed by atoms with E-state index in [1.54, 1.807) is 10.9 Å². The molecule has 1 heterocycles. The van der Waals surface area contributed by atoms with Crippen LogP contribution in [0.25, 0.3) is 0 Å². The molecule has 3 fully saturated rings. The molecule has 0 aliphatic heterocycles. The molecular formula is C18H25N3O3. The third-order valence-corrected chi connectivity index (χ3v) is 6.19. The highest BCUT2D eigenvalue weighted by molar-refractivity contribution is 5.88. The molecule has 0 radical (unpaired) electrons. The van der Waals surface area contributed by atoms with Gasteiger partial charge in [-0.2, -0.15) is 5.10 Å². The molecular weight excluding hydrogens is 306 g/mol. The minimum Gasteiger partial charge on any atom is -0.389 e. The van der Waals surface area contributed by atoms with Gasteiger partial charge in [0.1, 0.15) is 5.78 Å². The Kier molecular flexibility index (Phi) is 3.56. The highest BCUT2D eigenvalue weighted by Crippen LogP contribution is 2.60. The van der Waals surface area contributed by atoms with Gasteiger partial charge in [-0.15, -0.1) is 0 Å². The van der Waals surface area contributed by atoms with Gasteiger partial charge in [-0.25, -0.2) is 0 Å². The van der Waals surface area contributed by atoms with Crippen molar-refractivity contribution >= 4 is 11.7 Å². The van der Waals surface area contributed by atoms with Crippen molar-refractivity contribution in [2.45, 2.75) is 69.6 Å². The van der Waals surface area contributed by atoms with Crippen LogP contribution in [0.15, 0.2) is 12.3 Å². The van der Waals surface area contributed by atoms with E-state index < -0.39 is 11.0 Å². The van der Waals surface area contributed by atoms with E-state index in [2.05, 4.69) is 5.10 Å². The Morgan fingerprint density at radius 1 is 1.33 bits per heavy atom. The number of Topliss-reactive ketones (excluding diaryl/α,β-unsaturated/α-hetero) is 1. The van der Waals surface area contributed by atoms with Crippen LogP contribution in [0, 0.1) is 5.41 Å². The first-order valence-electron chi connectivity index (χ1n) is 8.97. The second-order valence-electron chi connectivity index (χ2n) is 7.76. The van der Waals surface area contributed by atoms with Gasteiger partial charge in [-0.05, 0) is 44.6 Å². The number of hydrogen-bond acceptors (Lipinski definition) is 4. The first-order valence-corrected chi connectivity index (χ1v) is 8.97. The lowest BCUT2D eigenvalue weighted by atomic mass is 9.72. The van der Waals surface area contributed by atoms with E-state index >= 15 is 0 Å². The highest BCUT2D eigenvalue weighted by Gasteiger charge is 2.65. The number of aryl methyl sites for hydroxylation is 1. The van der Waals surface area contributed by atoms with Crippen LogP contribution in [-0.2, 0) is 23.2 Å². The van der Waals surface area contributed by atoms with Crippen LogP contribution in [0.5, 0.6) is 0 Å². The SMILES string of the molecule is Cn1nccc1CN(C(=O)C1(C2(O)CCC(=O)CC2)CC1)C1CC1. The van der Waals surface area contributed by atoms with Crippen molar-refractivity contribution in [2.24, 2.45) is 12.5 Å². The van der Waals surface area contributed by atoms with Gasteiger partial charge in [0.05, 0.1) is 23.3 Å². The molecule has 3 aliphatic carbocycles. The average Bonchev–Trinajstić information content (AvgIpc) is 3.47. The molecule has 0 unspecified atom stereocenters. The lowest BCUT2D eigenvalue weighted by Crippen LogP contribution is -2.52. The van der Waals surface area contributed by atoms with Crippen LogP contribution < -0.4 is 0 Å². The molecule has 0 spiro atoms. The minimum atomic E-state index is -1.00. The smallest absolute Gasteiger partial charge is 0.232 e. The first kappa shape index (κ1) is 15.8. The maximum Gasteiger partial charge on any atom is 0.232 e. The van der Waals surface area contributed by atoms with Crippen molar-refractivity contribution in [3.8, 4) is 0 Å². The summed E-state index contributed by atoms with van der Waals surface area (Å²) in [6.45, 7) is 0.552. The van der Waals surface area contributed by atoms with Crippen LogP contribution in [0.4, 0.5) is 0 Å². The van der Waals surface area contributed by atoms with Gasteiger partial charge in [-0.1, -0.05) is 0 Å². The number of carbonyl (C=O) groups excluding carboxylic acids is 2. The molecule has 6 heteroatoms.